The van der Waals surface area contributed by atoms with Crippen LogP contribution in [0.15, 0.2) is 0 Å². The number of rotatable bonds is 1. The minimum absolute atomic E-state index is 0. The van der Waals surface area contributed by atoms with Gasteiger partial charge in [0.1, 0.15) is 0 Å². The fourth-order valence-electron chi connectivity index (χ4n) is 1.70. The van der Waals surface area contributed by atoms with Gasteiger partial charge in [-0.05, 0) is 44.8 Å². The van der Waals surface area contributed by atoms with Crippen LogP contribution in [-0.2, 0) is 0 Å². The molecule has 0 N–H and O–H groups in total. The van der Waals surface area contributed by atoms with Gasteiger partial charge in [0.2, 0.25) is 0 Å². The molecule has 0 spiro atoms. The first kappa shape index (κ1) is 11.0. The molecule has 0 radical (unpaired) electrons. The predicted octanol–water partition coefficient (Wildman–Crippen LogP) is 2.62. The third-order valence-electron chi connectivity index (χ3n) is 2.71. The summed E-state index contributed by atoms with van der Waals surface area (Å²) in [6.45, 7) is 7.30. The van der Waals surface area contributed by atoms with Crippen molar-refractivity contribution in [3.8, 4) is 0 Å². The van der Waals surface area contributed by atoms with Gasteiger partial charge in [-0.25, -0.2) is 0 Å². The molecule has 1 fully saturated rings. The SMILES string of the molecule is C.CC(C)C1CCN(C)CC1. The predicted molar refractivity (Wildman–Crippen MR) is 51.8 cm³/mol. The number of piperidine rings is 1. The quantitative estimate of drug-likeness (QED) is 0.565. The molecule has 1 rings (SSSR count). The number of hydrogen-bond acceptors (Lipinski definition) is 1. The molecule has 0 unspecified atom stereocenters. The Morgan fingerprint density at radius 1 is 1.18 bits per heavy atom. The second-order valence-electron chi connectivity index (χ2n) is 3.88. The zero-order valence-corrected chi connectivity index (χ0v) is 7.43. The molecule has 1 aliphatic heterocycles. The summed E-state index contributed by atoms with van der Waals surface area (Å²) in [6.07, 6.45) is 2.82. The van der Waals surface area contributed by atoms with Gasteiger partial charge in [-0.1, -0.05) is 21.3 Å². The van der Waals surface area contributed by atoms with Crippen LogP contribution in [0.3, 0.4) is 0 Å². The van der Waals surface area contributed by atoms with Gasteiger partial charge in [0.15, 0.2) is 0 Å². The van der Waals surface area contributed by atoms with Gasteiger partial charge < -0.3 is 4.90 Å². The third-order valence-corrected chi connectivity index (χ3v) is 2.71. The van der Waals surface area contributed by atoms with Crippen molar-refractivity contribution in [2.24, 2.45) is 11.8 Å². The molecule has 0 saturated carbocycles. The minimum atomic E-state index is 0. The molecule has 0 atom stereocenters. The molecule has 1 heterocycles. The molecule has 0 aliphatic carbocycles. The van der Waals surface area contributed by atoms with Crippen molar-refractivity contribution in [3.05, 3.63) is 0 Å². The lowest BCUT2D eigenvalue weighted by atomic mass is 9.87. The average molecular weight is 157 g/mol. The molecule has 0 amide bonds. The van der Waals surface area contributed by atoms with E-state index in [1.165, 1.54) is 25.9 Å². The van der Waals surface area contributed by atoms with Gasteiger partial charge in [-0.2, -0.15) is 0 Å². The van der Waals surface area contributed by atoms with Crippen molar-refractivity contribution in [1.29, 1.82) is 0 Å². The molecule has 0 bridgehead atoms. The Kier molecular flexibility index (Phi) is 4.74. The molecule has 0 aromatic heterocycles. The van der Waals surface area contributed by atoms with Crippen LogP contribution in [0.4, 0.5) is 0 Å². The van der Waals surface area contributed by atoms with Crippen LogP contribution in [0.5, 0.6) is 0 Å². The molecular formula is C10H23N. The smallest absolute Gasteiger partial charge is 0.00190 e. The van der Waals surface area contributed by atoms with Gasteiger partial charge >= 0.3 is 0 Å². The monoisotopic (exact) mass is 157 g/mol. The zero-order valence-electron chi connectivity index (χ0n) is 7.43. The van der Waals surface area contributed by atoms with Crippen LogP contribution in [0.1, 0.15) is 34.1 Å². The van der Waals surface area contributed by atoms with Crippen LogP contribution in [0.2, 0.25) is 0 Å². The van der Waals surface area contributed by atoms with Crippen molar-refractivity contribution in [1.82, 2.24) is 4.90 Å². The first-order valence-electron chi connectivity index (χ1n) is 4.38. The summed E-state index contributed by atoms with van der Waals surface area (Å²) in [5.74, 6) is 1.89. The van der Waals surface area contributed by atoms with Crippen molar-refractivity contribution in [2.45, 2.75) is 34.1 Å². The fraction of sp³-hybridized carbons (Fsp3) is 1.00. The molecule has 0 aromatic carbocycles. The second-order valence-corrected chi connectivity index (χ2v) is 3.88. The number of nitrogens with zero attached hydrogens (tertiary/aromatic N) is 1. The molecule has 1 aliphatic rings. The first-order valence-corrected chi connectivity index (χ1v) is 4.38. The highest BCUT2D eigenvalue weighted by molar-refractivity contribution is 4.71. The lowest BCUT2D eigenvalue weighted by Crippen LogP contribution is -2.32. The number of likely N-dealkylation sites (tertiary alicyclic amines) is 1. The van der Waals surface area contributed by atoms with E-state index in [0.29, 0.717) is 0 Å². The molecule has 1 heteroatoms. The summed E-state index contributed by atoms with van der Waals surface area (Å²) < 4.78 is 0. The lowest BCUT2D eigenvalue weighted by Gasteiger charge is -2.31. The van der Waals surface area contributed by atoms with E-state index >= 15 is 0 Å². The molecule has 11 heavy (non-hydrogen) atoms. The Bertz CT molecular complexity index is 91.0. The van der Waals surface area contributed by atoms with E-state index in [1.54, 1.807) is 0 Å². The first-order chi connectivity index (χ1) is 4.70. The van der Waals surface area contributed by atoms with Gasteiger partial charge in [-0.15, -0.1) is 0 Å². The van der Waals surface area contributed by atoms with Gasteiger partial charge in [-0.3, -0.25) is 0 Å². The van der Waals surface area contributed by atoms with Crippen molar-refractivity contribution in [3.63, 3.8) is 0 Å². The van der Waals surface area contributed by atoms with Crippen LogP contribution in [-0.4, -0.2) is 25.0 Å². The van der Waals surface area contributed by atoms with Crippen molar-refractivity contribution in [2.75, 3.05) is 20.1 Å². The summed E-state index contributed by atoms with van der Waals surface area (Å²) >= 11 is 0. The topological polar surface area (TPSA) is 3.24 Å². The van der Waals surface area contributed by atoms with E-state index in [0.717, 1.165) is 11.8 Å². The Balaban J connectivity index is 0.000001000. The largest absolute Gasteiger partial charge is 0.306 e. The van der Waals surface area contributed by atoms with E-state index in [1.807, 2.05) is 0 Å². The van der Waals surface area contributed by atoms with E-state index < -0.39 is 0 Å². The van der Waals surface area contributed by atoms with Gasteiger partial charge in [0.05, 0.1) is 0 Å². The van der Waals surface area contributed by atoms with Crippen molar-refractivity contribution >= 4 is 0 Å². The zero-order chi connectivity index (χ0) is 7.56. The maximum absolute atomic E-state index is 2.43. The lowest BCUT2D eigenvalue weighted by molar-refractivity contribution is 0.185. The van der Waals surface area contributed by atoms with Crippen LogP contribution in [0.25, 0.3) is 0 Å². The summed E-state index contributed by atoms with van der Waals surface area (Å²) in [7, 11) is 2.22. The van der Waals surface area contributed by atoms with Crippen LogP contribution in [0, 0.1) is 11.8 Å². The van der Waals surface area contributed by atoms with Gasteiger partial charge in [0, 0.05) is 0 Å². The standard InChI is InChI=1S/C9H19N.CH4/c1-8(2)9-4-6-10(3)7-5-9;/h8-9H,4-7H2,1-3H3;1H4. The summed E-state index contributed by atoms with van der Waals surface area (Å²) in [4.78, 5) is 2.43. The van der Waals surface area contributed by atoms with Gasteiger partial charge in [0.25, 0.3) is 0 Å². The highest BCUT2D eigenvalue weighted by Gasteiger charge is 2.18. The normalized spacial score (nSPS) is 21.8. The van der Waals surface area contributed by atoms with E-state index in [2.05, 4.69) is 25.8 Å². The highest BCUT2D eigenvalue weighted by atomic mass is 15.1. The van der Waals surface area contributed by atoms with E-state index in [9.17, 15) is 0 Å². The Labute approximate surface area is 71.8 Å². The average Bonchev–Trinajstić information content (AvgIpc) is 1.88. The van der Waals surface area contributed by atoms with Crippen LogP contribution >= 0.6 is 0 Å². The minimum Gasteiger partial charge on any atom is -0.306 e. The highest BCUT2D eigenvalue weighted by Crippen LogP contribution is 2.23. The maximum atomic E-state index is 2.43. The summed E-state index contributed by atoms with van der Waals surface area (Å²) in [5, 5.41) is 0. The summed E-state index contributed by atoms with van der Waals surface area (Å²) in [6, 6.07) is 0. The Hall–Kier alpha value is -0.0400. The molecule has 1 nitrogen and oxygen atoms in total. The second kappa shape index (κ2) is 4.76. The van der Waals surface area contributed by atoms with E-state index in [-0.39, 0.29) is 7.43 Å². The molecule has 68 valence electrons. The number of hydrogen-bond donors (Lipinski definition) is 0. The summed E-state index contributed by atoms with van der Waals surface area (Å²) in [5.41, 5.74) is 0. The van der Waals surface area contributed by atoms with Crippen molar-refractivity contribution < 1.29 is 0 Å². The fourth-order valence-corrected chi connectivity index (χ4v) is 1.70. The molecule has 0 aromatic rings. The molecular weight excluding hydrogens is 134 g/mol. The Morgan fingerprint density at radius 2 is 1.64 bits per heavy atom. The van der Waals surface area contributed by atoms with Crippen LogP contribution < -0.4 is 0 Å². The third kappa shape index (κ3) is 3.24. The van der Waals surface area contributed by atoms with E-state index in [4.69, 9.17) is 0 Å². The Morgan fingerprint density at radius 3 is 2.00 bits per heavy atom. The maximum Gasteiger partial charge on any atom is -0.00190 e. The molecule has 1 saturated heterocycles.